The Hall–Kier alpha value is -8.40. The van der Waals surface area contributed by atoms with Gasteiger partial charge in [0.25, 0.3) is 0 Å². The summed E-state index contributed by atoms with van der Waals surface area (Å²) < 4.78 is 0. The van der Waals surface area contributed by atoms with Crippen LogP contribution in [0.25, 0.3) is 88.4 Å². The van der Waals surface area contributed by atoms with Gasteiger partial charge in [-0.05, 0) is 138 Å². The van der Waals surface area contributed by atoms with E-state index in [-0.39, 0.29) is 0 Å². The molecule has 296 valence electrons. The maximum absolute atomic E-state index is 9.04. The van der Waals surface area contributed by atoms with Crippen LogP contribution in [0.3, 0.4) is 0 Å². The molecule has 0 saturated carbocycles. The van der Waals surface area contributed by atoms with E-state index in [0.717, 1.165) is 39.4 Å². The smallest absolute Gasteiger partial charge is 0.0702 e. The highest BCUT2D eigenvalue weighted by atomic mass is 15.1. The summed E-state index contributed by atoms with van der Waals surface area (Å²) in [4.78, 5) is 6.99. The van der Waals surface area contributed by atoms with Gasteiger partial charge in [0.15, 0.2) is 0 Å². The minimum atomic E-state index is 0.392. The van der Waals surface area contributed by atoms with E-state index in [1.165, 1.54) is 71.6 Å². The van der Waals surface area contributed by atoms with Crippen molar-refractivity contribution in [3.8, 4) is 66.9 Å². The van der Waals surface area contributed by atoms with Gasteiger partial charge in [0.05, 0.1) is 11.4 Å². The van der Waals surface area contributed by atoms with Gasteiger partial charge in [0.1, 0.15) is 0 Å². The third-order valence-electron chi connectivity index (χ3n) is 12.2. The van der Waals surface area contributed by atoms with Crippen molar-refractivity contribution >= 4 is 44.3 Å². The van der Waals surface area contributed by atoms with E-state index < -0.39 is 0 Å². The summed E-state index contributed by atoms with van der Waals surface area (Å²) in [5.41, 5.74) is 18.3. The number of hydrogen-bond donors (Lipinski definition) is 1. The first-order valence-electron chi connectivity index (χ1n) is 21.3. The maximum atomic E-state index is 9.04. The highest BCUT2D eigenvalue weighted by Gasteiger charge is 2.31. The number of para-hydroxylation sites is 1. The number of fused-ring (bicyclic) bond motifs is 4. The van der Waals surface area contributed by atoms with Crippen molar-refractivity contribution in [1.82, 2.24) is 4.98 Å². The molecule has 1 aliphatic rings. The molecule has 0 radical (unpaired) electrons. The first kappa shape index (κ1) is 37.6. The average Bonchev–Trinajstić information content (AvgIpc) is 3.68. The van der Waals surface area contributed by atoms with Gasteiger partial charge >= 0.3 is 0 Å². The summed E-state index contributed by atoms with van der Waals surface area (Å²) in [6.45, 7) is 3.83. The lowest BCUT2D eigenvalue weighted by molar-refractivity contribution is 1.27. The standard InChI is InChI=1S/C60H41N3/c1-2-3-31-54(61)43-36-44(55-32-15-16-35-62-55)39-47(38-43)63(45-24-11-6-12-25-45)46-26-17-23-42(37-46)48-33-34-53-58-49(48)29-18-30-52(58)59-56(40-19-7-4-8-20-40)50-27-13-14-28-51(50)57(60(53)59)41-21-9-5-10-22-41/h2-39,61H,1H2/b31-3-,61-54?. The van der Waals surface area contributed by atoms with Gasteiger partial charge in [0.2, 0.25) is 0 Å². The Balaban J connectivity index is 1.13. The summed E-state index contributed by atoms with van der Waals surface area (Å²) >= 11 is 0. The molecule has 0 aliphatic heterocycles. The lowest BCUT2D eigenvalue weighted by Crippen LogP contribution is -2.11. The van der Waals surface area contributed by atoms with Crippen LogP contribution in [-0.4, -0.2) is 10.7 Å². The van der Waals surface area contributed by atoms with E-state index in [1.54, 1.807) is 18.2 Å². The highest BCUT2D eigenvalue weighted by Crippen LogP contribution is 2.58. The number of rotatable bonds is 10. The van der Waals surface area contributed by atoms with E-state index in [0.29, 0.717) is 5.71 Å². The van der Waals surface area contributed by atoms with E-state index in [4.69, 9.17) is 10.4 Å². The van der Waals surface area contributed by atoms with Gasteiger partial charge in [-0.3, -0.25) is 4.98 Å². The van der Waals surface area contributed by atoms with Crippen LogP contribution in [0.4, 0.5) is 17.1 Å². The molecule has 3 heteroatoms. The Morgan fingerprint density at radius 3 is 1.67 bits per heavy atom. The van der Waals surface area contributed by atoms with Crippen molar-refractivity contribution in [3.05, 3.63) is 243 Å². The molecular weight excluding hydrogens is 763 g/mol. The fourth-order valence-electron chi connectivity index (χ4n) is 9.54. The number of hydrogen-bond acceptors (Lipinski definition) is 3. The SMILES string of the molecule is C=C/C=C\C(=N)c1cc(-c2ccccn2)cc(N(c2ccccc2)c2cccc(-c3ccc4c5c(cccc35)-c3c-4c(-c4ccccc4)c4ccccc4c3-c3ccccc3)c2)c1. The Bertz CT molecular complexity index is 3320. The summed E-state index contributed by atoms with van der Waals surface area (Å²) in [5, 5.41) is 14.0. The molecule has 0 atom stereocenters. The largest absolute Gasteiger partial charge is 0.310 e. The predicted octanol–water partition coefficient (Wildman–Crippen LogP) is 16.3. The molecule has 1 heterocycles. The topological polar surface area (TPSA) is 40.0 Å². The van der Waals surface area contributed by atoms with Gasteiger partial charge in [-0.2, -0.15) is 0 Å². The summed E-state index contributed by atoms with van der Waals surface area (Å²) in [6.07, 6.45) is 7.10. The number of nitrogens with one attached hydrogen (secondary N) is 1. The first-order valence-corrected chi connectivity index (χ1v) is 21.3. The molecule has 1 aliphatic carbocycles. The molecule has 0 bridgehead atoms. The van der Waals surface area contributed by atoms with E-state index >= 15 is 0 Å². The van der Waals surface area contributed by atoms with Gasteiger partial charge in [-0.15, -0.1) is 0 Å². The molecule has 0 saturated heterocycles. The van der Waals surface area contributed by atoms with Crippen LogP contribution in [0.5, 0.6) is 0 Å². The lowest BCUT2D eigenvalue weighted by atomic mass is 9.82. The molecule has 0 amide bonds. The van der Waals surface area contributed by atoms with Crippen LogP contribution in [0, 0.1) is 5.41 Å². The average molecular weight is 804 g/mol. The summed E-state index contributed by atoms with van der Waals surface area (Å²) in [6, 6.07) is 73.8. The molecule has 9 aromatic carbocycles. The van der Waals surface area contributed by atoms with Gasteiger partial charge < -0.3 is 10.3 Å². The first-order chi connectivity index (χ1) is 31.2. The number of aromatic nitrogens is 1. The second-order valence-electron chi connectivity index (χ2n) is 15.9. The normalized spacial score (nSPS) is 11.6. The fourth-order valence-corrected chi connectivity index (χ4v) is 9.54. The summed E-state index contributed by atoms with van der Waals surface area (Å²) in [7, 11) is 0. The molecule has 0 fully saturated rings. The number of benzene rings is 9. The van der Waals surface area contributed by atoms with E-state index in [2.05, 4.69) is 187 Å². The minimum Gasteiger partial charge on any atom is -0.310 e. The number of pyridine rings is 1. The third kappa shape index (κ3) is 6.55. The Morgan fingerprint density at radius 1 is 0.444 bits per heavy atom. The van der Waals surface area contributed by atoms with Crippen LogP contribution < -0.4 is 4.90 Å². The maximum Gasteiger partial charge on any atom is 0.0702 e. The lowest BCUT2D eigenvalue weighted by Gasteiger charge is -2.27. The molecule has 1 N–H and O–H groups in total. The Morgan fingerprint density at radius 2 is 1.00 bits per heavy atom. The zero-order valence-electron chi connectivity index (χ0n) is 34.5. The molecule has 1 aromatic heterocycles. The van der Waals surface area contributed by atoms with Crippen molar-refractivity contribution in [1.29, 1.82) is 5.41 Å². The Kier molecular flexibility index (Phi) is 9.48. The van der Waals surface area contributed by atoms with Crippen molar-refractivity contribution in [3.63, 3.8) is 0 Å². The van der Waals surface area contributed by atoms with E-state index in [1.807, 2.05) is 36.5 Å². The molecule has 11 rings (SSSR count). The van der Waals surface area contributed by atoms with Crippen molar-refractivity contribution in [2.75, 3.05) is 4.90 Å². The fraction of sp³-hybridized carbons (Fsp3) is 0. The number of allylic oxidation sites excluding steroid dienone is 3. The van der Waals surface area contributed by atoms with Crippen LogP contribution in [0.15, 0.2) is 237 Å². The Labute approximate surface area is 367 Å². The molecule has 0 spiro atoms. The minimum absolute atomic E-state index is 0.392. The molecule has 63 heavy (non-hydrogen) atoms. The number of nitrogens with zero attached hydrogens (tertiary/aromatic N) is 2. The van der Waals surface area contributed by atoms with E-state index in [9.17, 15) is 0 Å². The molecule has 0 unspecified atom stereocenters. The van der Waals surface area contributed by atoms with Crippen molar-refractivity contribution in [2.45, 2.75) is 0 Å². The van der Waals surface area contributed by atoms with Crippen LogP contribution in [0.2, 0.25) is 0 Å². The summed E-state index contributed by atoms with van der Waals surface area (Å²) in [5.74, 6) is 0. The number of anilines is 3. The van der Waals surface area contributed by atoms with Crippen LogP contribution in [0.1, 0.15) is 5.56 Å². The third-order valence-corrected chi connectivity index (χ3v) is 12.2. The molecule has 10 aromatic rings. The van der Waals surface area contributed by atoms with Crippen LogP contribution >= 0.6 is 0 Å². The van der Waals surface area contributed by atoms with Crippen molar-refractivity contribution in [2.24, 2.45) is 0 Å². The quantitative estimate of drug-likeness (QED) is 0.110. The molecule has 3 nitrogen and oxygen atoms in total. The van der Waals surface area contributed by atoms with Gasteiger partial charge in [-0.1, -0.05) is 170 Å². The highest BCUT2D eigenvalue weighted by molar-refractivity contribution is 6.28. The predicted molar refractivity (Wildman–Crippen MR) is 266 cm³/mol. The molecular formula is C60H41N3. The second kappa shape index (κ2) is 15.9. The van der Waals surface area contributed by atoms with Gasteiger partial charge in [-0.25, -0.2) is 0 Å². The zero-order chi connectivity index (χ0) is 42.3. The van der Waals surface area contributed by atoms with Gasteiger partial charge in [0, 0.05) is 34.4 Å². The second-order valence-corrected chi connectivity index (χ2v) is 15.9. The zero-order valence-corrected chi connectivity index (χ0v) is 34.5. The van der Waals surface area contributed by atoms with Crippen LogP contribution in [-0.2, 0) is 0 Å². The monoisotopic (exact) mass is 803 g/mol. The van der Waals surface area contributed by atoms with Crippen molar-refractivity contribution < 1.29 is 0 Å².